The maximum absolute atomic E-state index is 13.7. The Labute approximate surface area is 235 Å². The molecule has 2 amide bonds. The van der Waals surface area contributed by atoms with E-state index in [0.717, 1.165) is 51.3 Å². The van der Waals surface area contributed by atoms with Crippen molar-refractivity contribution in [2.75, 3.05) is 6.61 Å². The molecule has 37 heavy (non-hydrogen) atoms. The molecule has 0 spiro atoms. The van der Waals surface area contributed by atoms with Crippen LogP contribution in [0.15, 0.2) is 81.7 Å². The summed E-state index contributed by atoms with van der Waals surface area (Å²) in [5, 5.41) is 3.23. The minimum absolute atomic E-state index is 0.112. The predicted octanol–water partition coefficient (Wildman–Crippen LogP) is 6.60. The first-order chi connectivity index (χ1) is 17.9. The molecule has 5 nitrogen and oxygen atoms in total. The van der Waals surface area contributed by atoms with E-state index in [1.54, 1.807) is 4.90 Å². The third-order valence-corrected chi connectivity index (χ3v) is 8.09. The predicted molar refractivity (Wildman–Crippen MR) is 153 cm³/mol. The number of ether oxygens (including phenoxy) is 1. The summed E-state index contributed by atoms with van der Waals surface area (Å²) in [5.41, 5.74) is 2.97. The fraction of sp³-hybridized carbons (Fsp3) is 0.333. The van der Waals surface area contributed by atoms with Crippen LogP contribution in [-0.2, 0) is 22.6 Å². The first-order valence-corrected chi connectivity index (χ1v) is 14.2. The fourth-order valence-electron chi connectivity index (χ4n) is 4.69. The van der Waals surface area contributed by atoms with Crippen molar-refractivity contribution in [3.63, 3.8) is 0 Å². The molecule has 0 radical (unpaired) electrons. The van der Waals surface area contributed by atoms with Crippen molar-refractivity contribution in [2.45, 2.75) is 57.7 Å². The number of amides is 2. The van der Waals surface area contributed by atoms with Gasteiger partial charge in [-0.1, -0.05) is 87.2 Å². The van der Waals surface area contributed by atoms with Crippen LogP contribution in [-0.4, -0.2) is 35.4 Å². The highest BCUT2D eigenvalue weighted by atomic mass is 79.9. The van der Waals surface area contributed by atoms with Crippen molar-refractivity contribution in [3.05, 3.63) is 98.4 Å². The second-order valence-electron chi connectivity index (χ2n) is 9.55. The van der Waals surface area contributed by atoms with Crippen molar-refractivity contribution in [3.8, 4) is 5.75 Å². The fourth-order valence-corrected chi connectivity index (χ4v) is 5.38. The largest absolute Gasteiger partial charge is 0.484 e. The zero-order chi connectivity index (χ0) is 26.2. The zero-order valence-corrected chi connectivity index (χ0v) is 24.1. The summed E-state index contributed by atoms with van der Waals surface area (Å²) < 4.78 is 7.81. The molecule has 3 aromatic carbocycles. The van der Waals surface area contributed by atoms with E-state index in [1.807, 2.05) is 79.7 Å². The Morgan fingerprint density at radius 1 is 0.973 bits per heavy atom. The lowest BCUT2D eigenvalue weighted by atomic mass is 10.0. The first kappa shape index (κ1) is 27.4. The van der Waals surface area contributed by atoms with Crippen molar-refractivity contribution < 1.29 is 14.3 Å². The van der Waals surface area contributed by atoms with Crippen LogP contribution >= 0.6 is 31.9 Å². The molecule has 0 heterocycles. The molecule has 1 N–H and O–H groups in total. The van der Waals surface area contributed by atoms with Gasteiger partial charge in [0, 0.05) is 28.0 Å². The van der Waals surface area contributed by atoms with E-state index >= 15 is 0 Å². The van der Waals surface area contributed by atoms with Crippen molar-refractivity contribution in [1.82, 2.24) is 10.2 Å². The number of hydrogen-bond donors (Lipinski definition) is 1. The molecule has 7 heteroatoms. The minimum atomic E-state index is -0.662. The van der Waals surface area contributed by atoms with Crippen molar-refractivity contribution >= 4 is 43.7 Å². The lowest BCUT2D eigenvalue weighted by Crippen LogP contribution is -2.53. The first-order valence-electron chi connectivity index (χ1n) is 12.7. The van der Waals surface area contributed by atoms with E-state index in [0.29, 0.717) is 18.7 Å². The Balaban J connectivity index is 1.61. The molecule has 0 saturated heterocycles. The van der Waals surface area contributed by atoms with Gasteiger partial charge in [0.1, 0.15) is 11.8 Å². The standard InChI is InChI=1S/C30H32Br2N2O3/c1-21-16-26(14-15-27(21)32)37-20-29(35)34(19-23-10-7-11-24(31)17-23)28(18-22-8-3-2-4-9-22)30(36)33-25-12-5-6-13-25/h2-4,7-11,14-17,25,28H,5-6,12-13,18-20H2,1H3,(H,33,36). The second kappa shape index (κ2) is 13.2. The number of nitrogens with one attached hydrogen (secondary N) is 1. The maximum atomic E-state index is 13.7. The van der Waals surface area contributed by atoms with E-state index in [9.17, 15) is 9.59 Å². The summed E-state index contributed by atoms with van der Waals surface area (Å²) >= 11 is 7.03. The highest BCUT2D eigenvalue weighted by Gasteiger charge is 2.32. The number of aryl methyl sites for hydroxylation is 1. The molecular formula is C30H32Br2N2O3. The van der Waals surface area contributed by atoms with Gasteiger partial charge in [0.2, 0.25) is 5.91 Å². The minimum Gasteiger partial charge on any atom is -0.484 e. The summed E-state index contributed by atoms with van der Waals surface area (Å²) in [7, 11) is 0. The number of carbonyl (C=O) groups excluding carboxylic acids is 2. The molecule has 0 aromatic heterocycles. The van der Waals surface area contributed by atoms with Gasteiger partial charge in [-0.3, -0.25) is 9.59 Å². The molecule has 194 valence electrons. The lowest BCUT2D eigenvalue weighted by Gasteiger charge is -2.32. The average Bonchev–Trinajstić information content (AvgIpc) is 3.40. The maximum Gasteiger partial charge on any atom is 0.261 e. The third-order valence-electron chi connectivity index (χ3n) is 6.71. The molecule has 1 unspecified atom stereocenters. The van der Waals surface area contributed by atoms with Crippen LogP contribution < -0.4 is 10.1 Å². The summed E-state index contributed by atoms with van der Waals surface area (Å²) in [5.74, 6) is 0.271. The quantitative estimate of drug-likeness (QED) is 0.276. The van der Waals surface area contributed by atoms with Crippen LogP contribution in [0.3, 0.4) is 0 Å². The number of rotatable bonds is 10. The number of carbonyl (C=O) groups is 2. The zero-order valence-electron chi connectivity index (χ0n) is 21.0. The topological polar surface area (TPSA) is 58.6 Å². The average molecular weight is 628 g/mol. The monoisotopic (exact) mass is 626 g/mol. The number of benzene rings is 3. The molecule has 1 aliphatic rings. The van der Waals surface area contributed by atoms with Crippen LogP contribution in [0.25, 0.3) is 0 Å². The Morgan fingerprint density at radius 2 is 1.70 bits per heavy atom. The van der Waals surface area contributed by atoms with E-state index in [2.05, 4.69) is 37.2 Å². The molecule has 1 saturated carbocycles. The Kier molecular flexibility index (Phi) is 9.81. The molecule has 1 atom stereocenters. The normalized spacial score (nSPS) is 14.2. The van der Waals surface area contributed by atoms with Gasteiger partial charge in [0.15, 0.2) is 6.61 Å². The molecular weight excluding hydrogens is 596 g/mol. The van der Waals surface area contributed by atoms with Gasteiger partial charge in [-0.25, -0.2) is 0 Å². The highest BCUT2D eigenvalue weighted by molar-refractivity contribution is 9.10. The van der Waals surface area contributed by atoms with E-state index in [-0.39, 0.29) is 24.5 Å². The van der Waals surface area contributed by atoms with Gasteiger partial charge >= 0.3 is 0 Å². The van der Waals surface area contributed by atoms with Crippen LogP contribution in [0.2, 0.25) is 0 Å². The summed E-state index contributed by atoms with van der Waals surface area (Å²) in [4.78, 5) is 29.1. The van der Waals surface area contributed by atoms with Gasteiger partial charge in [0.25, 0.3) is 5.91 Å². The second-order valence-corrected chi connectivity index (χ2v) is 11.3. The molecule has 0 bridgehead atoms. The number of nitrogens with zero attached hydrogens (tertiary/aromatic N) is 1. The van der Waals surface area contributed by atoms with Gasteiger partial charge in [-0.15, -0.1) is 0 Å². The van der Waals surface area contributed by atoms with E-state index in [4.69, 9.17) is 4.74 Å². The van der Waals surface area contributed by atoms with E-state index in [1.165, 1.54) is 0 Å². The molecule has 1 aliphatic carbocycles. The lowest BCUT2D eigenvalue weighted by molar-refractivity contribution is -0.143. The van der Waals surface area contributed by atoms with Crippen LogP contribution in [0, 0.1) is 6.92 Å². The van der Waals surface area contributed by atoms with Gasteiger partial charge in [0.05, 0.1) is 0 Å². The Bertz CT molecular complexity index is 1210. The smallest absolute Gasteiger partial charge is 0.261 e. The highest BCUT2D eigenvalue weighted by Crippen LogP contribution is 2.23. The number of halogens is 2. The van der Waals surface area contributed by atoms with Crippen molar-refractivity contribution in [2.24, 2.45) is 0 Å². The third kappa shape index (κ3) is 7.92. The molecule has 1 fully saturated rings. The SMILES string of the molecule is Cc1cc(OCC(=O)N(Cc2cccc(Br)c2)C(Cc2ccccc2)C(=O)NC2CCCC2)ccc1Br. The molecule has 0 aliphatic heterocycles. The van der Waals surface area contributed by atoms with E-state index < -0.39 is 6.04 Å². The van der Waals surface area contributed by atoms with Gasteiger partial charge in [-0.2, -0.15) is 0 Å². The van der Waals surface area contributed by atoms with Gasteiger partial charge in [-0.05, 0) is 66.8 Å². The van der Waals surface area contributed by atoms with Crippen LogP contribution in [0.4, 0.5) is 0 Å². The number of hydrogen-bond acceptors (Lipinski definition) is 3. The molecule has 3 aromatic rings. The molecule has 4 rings (SSSR count). The Hall–Kier alpha value is -2.64. The van der Waals surface area contributed by atoms with Crippen LogP contribution in [0.1, 0.15) is 42.4 Å². The van der Waals surface area contributed by atoms with Crippen LogP contribution in [0.5, 0.6) is 5.75 Å². The summed E-state index contributed by atoms with van der Waals surface area (Å²) in [6.45, 7) is 2.12. The summed E-state index contributed by atoms with van der Waals surface area (Å²) in [6.07, 6.45) is 4.63. The van der Waals surface area contributed by atoms with Gasteiger partial charge < -0.3 is 15.0 Å². The Morgan fingerprint density at radius 3 is 2.41 bits per heavy atom. The summed E-state index contributed by atoms with van der Waals surface area (Å²) in [6, 6.07) is 22.8. The van der Waals surface area contributed by atoms with Crippen molar-refractivity contribution in [1.29, 1.82) is 0 Å².